The van der Waals surface area contributed by atoms with Gasteiger partial charge in [-0.05, 0) is 60.9 Å². The van der Waals surface area contributed by atoms with Gasteiger partial charge in [0.15, 0.2) is 5.82 Å². The van der Waals surface area contributed by atoms with Gasteiger partial charge < -0.3 is 15.4 Å². The number of hydrogen-bond acceptors (Lipinski definition) is 6. The second kappa shape index (κ2) is 8.01. The Hall–Kier alpha value is -2.19. The van der Waals surface area contributed by atoms with Crippen molar-refractivity contribution in [3.05, 3.63) is 24.0 Å². The Bertz CT molecular complexity index is 770. The fraction of sp³-hybridized carbons (Fsp3) is 0.529. The lowest BCUT2D eigenvalue weighted by Gasteiger charge is -2.14. The quantitative estimate of drug-likeness (QED) is 0.799. The Labute approximate surface area is 158 Å². The lowest BCUT2D eigenvalue weighted by molar-refractivity contribution is -0.116. The molecule has 1 saturated carbocycles. The van der Waals surface area contributed by atoms with Crippen molar-refractivity contribution in [3.63, 3.8) is 0 Å². The number of methoxy groups -OCH3 is 1. The fourth-order valence-electron chi connectivity index (χ4n) is 3.26. The van der Waals surface area contributed by atoms with Crippen molar-refractivity contribution in [2.45, 2.75) is 44.1 Å². The molecule has 0 radical (unpaired) electrons. The first-order chi connectivity index (χ1) is 12.2. The molecule has 1 aliphatic carbocycles. The molecule has 1 atom stereocenters. The highest BCUT2D eigenvalue weighted by molar-refractivity contribution is 5.91. The van der Waals surface area contributed by atoms with Crippen LogP contribution in [0.25, 0.3) is 5.69 Å². The van der Waals surface area contributed by atoms with E-state index >= 15 is 0 Å². The van der Waals surface area contributed by atoms with Crippen LogP contribution in [0.15, 0.2) is 18.2 Å². The molecule has 1 unspecified atom stereocenters. The average molecular weight is 379 g/mol. The summed E-state index contributed by atoms with van der Waals surface area (Å²) < 4.78 is 7.17. The van der Waals surface area contributed by atoms with Crippen LogP contribution in [-0.2, 0) is 4.79 Å². The zero-order valence-corrected chi connectivity index (χ0v) is 15.5. The molecule has 2 N–H and O–H groups in total. The summed E-state index contributed by atoms with van der Waals surface area (Å²) in [5.74, 6) is 1.93. The second-order valence-corrected chi connectivity index (χ2v) is 6.66. The second-order valence-electron chi connectivity index (χ2n) is 6.66. The third kappa shape index (κ3) is 3.96. The van der Waals surface area contributed by atoms with Gasteiger partial charge in [0, 0.05) is 24.1 Å². The van der Waals surface area contributed by atoms with Crippen molar-refractivity contribution >= 4 is 24.0 Å². The predicted octanol–water partition coefficient (Wildman–Crippen LogP) is 2.05. The van der Waals surface area contributed by atoms with Crippen molar-refractivity contribution < 1.29 is 9.53 Å². The van der Waals surface area contributed by atoms with Gasteiger partial charge in [0.1, 0.15) is 11.4 Å². The Morgan fingerprint density at radius 1 is 1.38 bits per heavy atom. The van der Waals surface area contributed by atoms with Gasteiger partial charge in [0.2, 0.25) is 5.91 Å². The van der Waals surface area contributed by atoms with Gasteiger partial charge in [-0.25, -0.2) is 0 Å². The molecule has 140 valence electrons. The zero-order valence-electron chi connectivity index (χ0n) is 14.6. The number of carbonyl (C=O) groups is 1. The van der Waals surface area contributed by atoms with Crippen molar-refractivity contribution in [1.82, 2.24) is 25.5 Å². The van der Waals surface area contributed by atoms with Crippen LogP contribution in [0.1, 0.15) is 43.8 Å². The number of ether oxygens (including phenoxy) is 1. The van der Waals surface area contributed by atoms with E-state index in [1.54, 1.807) is 11.8 Å². The first-order valence-corrected chi connectivity index (χ1v) is 8.74. The summed E-state index contributed by atoms with van der Waals surface area (Å²) in [5.41, 5.74) is 1.46. The molecule has 9 heteroatoms. The van der Waals surface area contributed by atoms with Crippen LogP contribution < -0.4 is 15.4 Å². The minimum absolute atomic E-state index is 0. The van der Waals surface area contributed by atoms with E-state index in [9.17, 15) is 4.79 Å². The van der Waals surface area contributed by atoms with Crippen LogP contribution in [0.2, 0.25) is 0 Å². The lowest BCUT2D eigenvalue weighted by Crippen LogP contribution is -2.27. The molecule has 4 rings (SSSR count). The first-order valence-electron chi connectivity index (χ1n) is 8.74. The van der Waals surface area contributed by atoms with Gasteiger partial charge in [0.05, 0.1) is 7.11 Å². The average Bonchev–Trinajstić information content (AvgIpc) is 3.12. The van der Waals surface area contributed by atoms with Crippen LogP contribution in [0.3, 0.4) is 0 Å². The van der Waals surface area contributed by atoms with Crippen molar-refractivity contribution in [2.75, 3.05) is 19.0 Å². The smallest absolute Gasteiger partial charge is 0.225 e. The highest BCUT2D eigenvalue weighted by atomic mass is 35.5. The normalized spacial score (nSPS) is 19.0. The van der Waals surface area contributed by atoms with Crippen molar-refractivity contribution in [1.29, 1.82) is 0 Å². The standard InChI is InChI=1S/C17H22N6O2.ClH/c1-25-15-7-6-13(19-16(24)10-12-3-2-8-18-12)9-14(15)23-17(11-4-5-11)20-21-22-23;/h6-7,9,11-12,18H,2-5,8,10H2,1H3,(H,19,24);1H. The van der Waals surface area contributed by atoms with Crippen LogP contribution in [0.5, 0.6) is 5.75 Å². The SMILES string of the molecule is COc1ccc(NC(=O)CC2CCCN2)cc1-n1nnnc1C1CC1.Cl. The number of carbonyl (C=O) groups excluding carboxylic acids is 1. The molecular formula is C17H23ClN6O2. The molecule has 1 aliphatic heterocycles. The van der Waals surface area contributed by atoms with Crippen LogP contribution in [0, 0.1) is 0 Å². The molecule has 1 aromatic heterocycles. The number of halogens is 1. The molecule has 2 fully saturated rings. The van der Waals surface area contributed by atoms with E-state index in [1.165, 1.54) is 0 Å². The molecule has 26 heavy (non-hydrogen) atoms. The van der Waals surface area contributed by atoms with E-state index in [-0.39, 0.29) is 24.4 Å². The maximum absolute atomic E-state index is 12.3. The Morgan fingerprint density at radius 3 is 2.92 bits per heavy atom. The summed E-state index contributed by atoms with van der Waals surface area (Å²) in [6.07, 6.45) is 4.88. The molecule has 1 amide bonds. The number of amides is 1. The van der Waals surface area contributed by atoms with Crippen LogP contribution in [0.4, 0.5) is 5.69 Å². The molecule has 0 bridgehead atoms. The molecule has 8 nitrogen and oxygen atoms in total. The number of nitrogens with one attached hydrogen (secondary N) is 2. The summed E-state index contributed by atoms with van der Waals surface area (Å²) in [6.45, 7) is 0.994. The van der Waals surface area contributed by atoms with Crippen molar-refractivity contribution in [3.8, 4) is 11.4 Å². The molecule has 2 aromatic rings. The van der Waals surface area contributed by atoms with E-state index in [2.05, 4.69) is 26.2 Å². The number of anilines is 1. The number of nitrogens with zero attached hydrogens (tertiary/aromatic N) is 4. The van der Waals surface area contributed by atoms with Crippen molar-refractivity contribution in [2.24, 2.45) is 0 Å². The van der Waals surface area contributed by atoms with E-state index in [0.29, 0.717) is 18.1 Å². The van der Waals surface area contributed by atoms with Gasteiger partial charge in [0.25, 0.3) is 0 Å². The Kier molecular flexibility index (Phi) is 5.73. The zero-order chi connectivity index (χ0) is 17.2. The number of benzene rings is 1. The van der Waals surface area contributed by atoms with E-state index in [0.717, 1.165) is 49.4 Å². The molecule has 1 aromatic carbocycles. The number of hydrogen-bond donors (Lipinski definition) is 2. The summed E-state index contributed by atoms with van der Waals surface area (Å²) in [7, 11) is 1.62. The van der Waals surface area contributed by atoms with E-state index in [1.807, 2.05) is 18.2 Å². The summed E-state index contributed by atoms with van der Waals surface area (Å²) in [5, 5.41) is 18.4. The summed E-state index contributed by atoms with van der Waals surface area (Å²) in [4.78, 5) is 12.3. The van der Waals surface area contributed by atoms with E-state index in [4.69, 9.17) is 4.74 Å². The van der Waals surface area contributed by atoms with E-state index < -0.39 is 0 Å². The highest BCUT2D eigenvalue weighted by Crippen LogP contribution is 2.40. The number of aromatic nitrogens is 4. The monoisotopic (exact) mass is 378 g/mol. The fourth-order valence-corrected chi connectivity index (χ4v) is 3.26. The van der Waals surface area contributed by atoms with Gasteiger partial charge in [-0.2, -0.15) is 4.68 Å². The maximum Gasteiger partial charge on any atom is 0.225 e. The maximum atomic E-state index is 12.3. The molecule has 2 heterocycles. The summed E-state index contributed by atoms with van der Waals surface area (Å²) >= 11 is 0. The van der Waals surface area contributed by atoms with Gasteiger partial charge in [-0.1, -0.05) is 0 Å². The minimum atomic E-state index is 0. The summed E-state index contributed by atoms with van der Waals surface area (Å²) in [6, 6.07) is 5.81. The van der Waals surface area contributed by atoms with Gasteiger partial charge in [-0.15, -0.1) is 17.5 Å². The van der Waals surface area contributed by atoms with Crippen LogP contribution in [-0.4, -0.2) is 45.8 Å². The molecule has 1 saturated heterocycles. The molecule has 0 spiro atoms. The van der Waals surface area contributed by atoms with Gasteiger partial charge >= 0.3 is 0 Å². The largest absolute Gasteiger partial charge is 0.494 e. The Balaban J connectivity index is 0.00000196. The highest BCUT2D eigenvalue weighted by Gasteiger charge is 2.30. The predicted molar refractivity (Wildman–Crippen MR) is 99.2 cm³/mol. The first kappa shape index (κ1) is 18.6. The van der Waals surface area contributed by atoms with Gasteiger partial charge in [-0.3, -0.25) is 4.79 Å². The number of tetrazole rings is 1. The topological polar surface area (TPSA) is 94.0 Å². The molecule has 2 aliphatic rings. The molecular weight excluding hydrogens is 356 g/mol. The number of rotatable bonds is 6. The van der Waals surface area contributed by atoms with Crippen LogP contribution >= 0.6 is 12.4 Å². The third-order valence-corrected chi connectivity index (χ3v) is 4.72. The lowest BCUT2D eigenvalue weighted by atomic mass is 10.1. The third-order valence-electron chi connectivity index (χ3n) is 4.72. The Morgan fingerprint density at radius 2 is 2.23 bits per heavy atom. The minimum Gasteiger partial charge on any atom is -0.494 e.